The van der Waals surface area contributed by atoms with Crippen LogP contribution in [0.15, 0.2) is 12.2 Å². The van der Waals surface area contributed by atoms with Crippen molar-refractivity contribution in [3.05, 3.63) is 12.2 Å². The molecular formula is C9H18O3. The van der Waals surface area contributed by atoms with Crippen LogP contribution in [0.2, 0.25) is 0 Å². The van der Waals surface area contributed by atoms with E-state index >= 15 is 0 Å². The molecule has 3 nitrogen and oxygen atoms in total. The first-order chi connectivity index (χ1) is 5.54. The van der Waals surface area contributed by atoms with E-state index in [2.05, 4.69) is 6.92 Å². The lowest BCUT2D eigenvalue weighted by atomic mass is 10.2. The van der Waals surface area contributed by atoms with Crippen molar-refractivity contribution in [2.75, 3.05) is 0 Å². The van der Waals surface area contributed by atoms with Gasteiger partial charge < -0.3 is 10.2 Å². The SMILES string of the molecule is CC(=O)O.CC=CC(O)CCC. The fraction of sp³-hybridized carbons (Fsp3) is 0.667. The zero-order valence-electron chi connectivity index (χ0n) is 7.95. The van der Waals surface area contributed by atoms with Gasteiger partial charge in [0.15, 0.2) is 0 Å². The molecule has 0 aromatic heterocycles. The first-order valence-corrected chi connectivity index (χ1v) is 4.05. The Bertz CT molecular complexity index is 126. The summed E-state index contributed by atoms with van der Waals surface area (Å²) in [6.07, 6.45) is 5.39. The van der Waals surface area contributed by atoms with Crippen LogP contribution in [0.25, 0.3) is 0 Å². The Hall–Kier alpha value is -0.830. The van der Waals surface area contributed by atoms with Gasteiger partial charge >= 0.3 is 0 Å². The Morgan fingerprint density at radius 2 is 2.00 bits per heavy atom. The number of hydrogen-bond acceptors (Lipinski definition) is 2. The molecule has 0 aliphatic carbocycles. The molecule has 12 heavy (non-hydrogen) atoms. The number of aliphatic carboxylic acids is 1. The molecule has 1 atom stereocenters. The van der Waals surface area contributed by atoms with Gasteiger partial charge in [0.05, 0.1) is 6.10 Å². The smallest absolute Gasteiger partial charge is 0.300 e. The molecule has 0 heterocycles. The maximum atomic E-state index is 9.00. The van der Waals surface area contributed by atoms with E-state index in [9.17, 15) is 0 Å². The predicted octanol–water partition coefficient (Wildman–Crippen LogP) is 1.81. The van der Waals surface area contributed by atoms with Gasteiger partial charge in [-0.3, -0.25) is 4.79 Å². The Kier molecular flexibility index (Phi) is 11.6. The number of rotatable bonds is 3. The maximum Gasteiger partial charge on any atom is 0.300 e. The third kappa shape index (κ3) is 22.9. The lowest BCUT2D eigenvalue weighted by Crippen LogP contribution is -1.99. The van der Waals surface area contributed by atoms with Crippen molar-refractivity contribution >= 4 is 5.97 Å². The summed E-state index contributed by atoms with van der Waals surface area (Å²) in [6, 6.07) is 0. The van der Waals surface area contributed by atoms with Crippen LogP contribution in [0.4, 0.5) is 0 Å². The number of carboxylic acid groups (broad SMARTS) is 1. The van der Waals surface area contributed by atoms with Gasteiger partial charge in [0.1, 0.15) is 0 Å². The quantitative estimate of drug-likeness (QED) is 0.641. The van der Waals surface area contributed by atoms with E-state index < -0.39 is 5.97 Å². The van der Waals surface area contributed by atoms with E-state index in [0.29, 0.717) is 0 Å². The molecule has 0 bridgehead atoms. The molecule has 0 saturated carbocycles. The highest BCUT2D eigenvalue weighted by Gasteiger charge is 1.92. The first kappa shape index (κ1) is 13.7. The van der Waals surface area contributed by atoms with Crippen LogP contribution < -0.4 is 0 Å². The van der Waals surface area contributed by atoms with Crippen LogP contribution in [-0.2, 0) is 4.79 Å². The molecule has 0 aromatic rings. The Balaban J connectivity index is 0. The van der Waals surface area contributed by atoms with E-state index in [-0.39, 0.29) is 6.10 Å². The van der Waals surface area contributed by atoms with Gasteiger partial charge in [0.2, 0.25) is 0 Å². The van der Waals surface area contributed by atoms with E-state index in [4.69, 9.17) is 15.0 Å². The number of carboxylic acids is 1. The highest BCUT2D eigenvalue weighted by molar-refractivity contribution is 5.62. The minimum atomic E-state index is -0.833. The largest absolute Gasteiger partial charge is 0.481 e. The Labute approximate surface area is 73.7 Å². The van der Waals surface area contributed by atoms with Crippen LogP contribution in [-0.4, -0.2) is 22.3 Å². The number of aliphatic hydroxyl groups is 1. The van der Waals surface area contributed by atoms with Gasteiger partial charge in [-0.2, -0.15) is 0 Å². The number of aliphatic hydroxyl groups excluding tert-OH is 1. The summed E-state index contributed by atoms with van der Waals surface area (Å²) in [7, 11) is 0. The van der Waals surface area contributed by atoms with Crippen molar-refractivity contribution in [3.63, 3.8) is 0 Å². The summed E-state index contributed by atoms with van der Waals surface area (Å²) in [5.74, 6) is -0.833. The van der Waals surface area contributed by atoms with Crippen LogP contribution in [0, 0.1) is 0 Å². The zero-order valence-corrected chi connectivity index (χ0v) is 7.95. The molecule has 0 fully saturated rings. The highest BCUT2D eigenvalue weighted by atomic mass is 16.4. The van der Waals surface area contributed by atoms with E-state index in [0.717, 1.165) is 19.8 Å². The summed E-state index contributed by atoms with van der Waals surface area (Å²) in [6.45, 7) is 5.06. The molecule has 0 aliphatic heterocycles. The standard InChI is InChI=1S/C7H14O.C2H4O2/c1-3-5-7(8)6-4-2;1-2(3)4/h3,5,7-8H,4,6H2,1-2H3;1H3,(H,3,4). The second kappa shape index (κ2) is 10.2. The van der Waals surface area contributed by atoms with Gasteiger partial charge in [-0.25, -0.2) is 0 Å². The normalized spacial score (nSPS) is 12.0. The van der Waals surface area contributed by atoms with Crippen molar-refractivity contribution in [3.8, 4) is 0 Å². The Morgan fingerprint density at radius 1 is 1.58 bits per heavy atom. The third-order valence-electron chi connectivity index (χ3n) is 0.999. The fourth-order valence-corrected chi connectivity index (χ4v) is 0.614. The molecule has 3 heteroatoms. The second-order valence-electron chi connectivity index (χ2n) is 2.40. The highest BCUT2D eigenvalue weighted by Crippen LogP contribution is 1.95. The van der Waals surface area contributed by atoms with Gasteiger partial charge in [0, 0.05) is 6.92 Å². The van der Waals surface area contributed by atoms with Gasteiger partial charge in [-0.15, -0.1) is 0 Å². The molecular weight excluding hydrogens is 156 g/mol. The summed E-state index contributed by atoms with van der Waals surface area (Å²) in [4.78, 5) is 9.00. The molecule has 0 radical (unpaired) electrons. The maximum absolute atomic E-state index is 9.00. The average Bonchev–Trinajstić information content (AvgIpc) is 1.87. The molecule has 0 aliphatic rings. The van der Waals surface area contributed by atoms with Crippen LogP contribution >= 0.6 is 0 Å². The first-order valence-electron chi connectivity index (χ1n) is 4.05. The summed E-state index contributed by atoms with van der Waals surface area (Å²) in [5.41, 5.74) is 0. The zero-order chi connectivity index (χ0) is 9.98. The molecule has 0 aromatic carbocycles. The third-order valence-corrected chi connectivity index (χ3v) is 0.999. The number of hydrogen-bond donors (Lipinski definition) is 2. The summed E-state index contributed by atoms with van der Waals surface area (Å²) >= 11 is 0. The minimum Gasteiger partial charge on any atom is -0.481 e. The lowest BCUT2D eigenvalue weighted by molar-refractivity contribution is -0.134. The summed E-state index contributed by atoms with van der Waals surface area (Å²) in [5, 5.41) is 16.4. The van der Waals surface area contributed by atoms with E-state index in [1.54, 1.807) is 0 Å². The minimum absolute atomic E-state index is 0.218. The number of carbonyl (C=O) groups is 1. The fourth-order valence-electron chi connectivity index (χ4n) is 0.614. The second-order valence-corrected chi connectivity index (χ2v) is 2.40. The molecule has 2 N–H and O–H groups in total. The van der Waals surface area contributed by atoms with Gasteiger partial charge in [0.25, 0.3) is 5.97 Å². The van der Waals surface area contributed by atoms with Crippen LogP contribution in [0.1, 0.15) is 33.6 Å². The average molecular weight is 174 g/mol. The van der Waals surface area contributed by atoms with E-state index in [1.807, 2.05) is 19.1 Å². The van der Waals surface area contributed by atoms with E-state index in [1.165, 1.54) is 0 Å². The monoisotopic (exact) mass is 174 g/mol. The van der Waals surface area contributed by atoms with Crippen molar-refractivity contribution in [2.24, 2.45) is 0 Å². The van der Waals surface area contributed by atoms with Crippen molar-refractivity contribution in [1.29, 1.82) is 0 Å². The summed E-state index contributed by atoms with van der Waals surface area (Å²) < 4.78 is 0. The van der Waals surface area contributed by atoms with Crippen LogP contribution in [0.5, 0.6) is 0 Å². The van der Waals surface area contributed by atoms with Crippen LogP contribution in [0.3, 0.4) is 0 Å². The molecule has 72 valence electrons. The molecule has 1 unspecified atom stereocenters. The lowest BCUT2D eigenvalue weighted by Gasteiger charge is -1.99. The Morgan fingerprint density at radius 3 is 2.25 bits per heavy atom. The van der Waals surface area contributed by atoms with Crippen molar-refractivity contribution in [1.82, 2.24) is 0 Å². The molecule has 0 spiro atoms. The predicted molar refractivity (Wildman–Crippen MR) is 49.0 cm³/mol. The van der Waals surface area contributed by atoms with Gasteiger partial charge in [-0.05, 0) is 13.3 Å². The molecule has 0 rings (SSSR count). The molecule has 0 amide bonds. The molecule has 0 saturated heterocycles. The topological polar surface area (TPSA) is 57.5 Å². The van der Waals surface area contributed by atoms with Crippen molar-refractivity contribution in [2.45, 2.75) is 39.7 Å². The number of allylic oxidation sites excluding steroid dienone is 1. The van der Waals surface area contributed by atoms with Crippen molar-refractivity contribution < 1.29 is 15.0 Å². The van der Waals surface area contributed by atoms with Gasteiger partial charge in [-0.1, -0.05) is 25.5 Å².